The molecule has 25 heavy (non-hydrogen) atoms. The van der Waals surface area contributed by atoms with Gasteiger partial charge in [0.25, 0.3) is 0 Å². The monoisotopic (exact) mass is 369 g/mol. The number of nitrogens with one attached hydrogen (secondary N) is 2. The Morgan fingerprint density at radius 2 is 1.84 bits per heavy atom. The summed E-state index contributed by atoms with van der Waals surface area (Å²) in [4.78, 5) is 23.7. The molecule has 1 aromatic rings. The number of hydrazone groups is 1. The lowest BCUT2D eigenvalue weighted by Crippen LogP contribution is -2.21. The molecule has 0 bridgehead atoms. The highest BCUT2D eigenvalue weighted by atomic mass is 35.5. The maximum absolute atomic E-state index is 12.2. The number of hydrogen-bond donors (Lipinski definition) is 2. The third-order valence-corrected chi connectivity index (χ3v) is 3.59. The molecule has 7 nitrogen and oxygen atoms in total. The lowest BCUT2D eigenvalue weighted by Gasteiger charge is -2.13. The molecule has 1 aromatic carbocycles. The van der Waals surface area contributed by atoms with Gasteiger partial charge >= 0.3 is 0 Å². The number of nitrogens with zero attached hydrogens (tertiary/aromatic N) is 1. The molecule has 0 fully saturated rings. The molecule has 0 unspecified atom stereocenters. The van der Waals surface area contributed by atoms with Crippen LogP contribution < -0.4 is 20.2 Å². The van der Waals surface area contributed by atoms with Crippen LogP contribution in [-0.2, 0) is 9.59 Å². The molecule has 0 saturated heterocycles. The zero-order chi connectivity index (χ0) is 18.8. The van der Waals surface area contributed by atoms with Crippen molar-refractivity contribution in [1.82, 2.24) is 5.43 Å². The number of anilines is 1. The predicted molar refractivity (Wildman–Crippen MR) is 98.6 cm³/mol. The molecule has 0 spiro atoms. The highest BCUT2D eigenvalue weighted by Gasteiger charge is 2.13. The first-order valence-corrected chi connectivity index (χ1v) is 8.32. The summed E-state index contributed by atoms with van der Waals surface area (Å²) in [7, 11) is 2.96. The number of amides is 2. The molecule has 0 radical (unpaired) electrons. The lowest BCUT2D eigenvalue weighted by atomic mass is 10.2. The quantitative estimate of drug-likeness (QED) is 0.516. The molecule has 0 saturated carbocycles. The van der Waals surface area contributed by atoms with Crippen LogP contribution in [0.5, 0.6) is 11.5 Å². The van der Waals surface area contributed by atoms with Crippen molar-refractivity contribution < 1.29 is 19.1 Å². The van der Waals surface area contributed by atoms with Crippen LogP contribution in [0.1, 0.15) is 39.5 Å². The van der Waals surface area contributed by atoms with E-state index < -0.39 is 0 Å². The van der Waals surface area contributed by atoms with Crippen LogP contribution in [-0.4, -0.2) is 31.7 Å². The van der Waals surface area contributed by atoms with E-state index in [-0.39, 0.29) is 18.2 Å². The van der Waals surface area contributed by atoms with E-state index in [9.17, 15) is 9.59 Å². The summed E-state index contributed by atoms with van der Waals surface area (Å²) in [5, 5.41) is 7.03. The predicted octanol–water partition coefficient (Wildman–Crippen LogP) is 3.37. The van der Waals surface area contributed by atoms with Gasteiger partial charge in [-0.2, -0.15) is 5.10 Å². The van der Waals surface area contributed by atoms with Crippen molar-refractivity contribution >= 4 is 34.8 Å². The number of unbranched alkanes of at least 4 members (excludes halogenated alkanes) is 1. The Labute approximate surface area is 152 Å². The third kappa shape index (κ3) is 7.01. The van der Waals surface area contributed by atoms with E-state index in [2.05, 4.69) is 15.8 Å². The number of carbonyl (C=O) groups excluding carboxylic acids is 2. The lowest BCUT2D eigenvalue weighted by molar-refractivity contribution is -0.121. The average Bonchev–Trinajstić information content (AvgIpc) is 2.59. The maximum Gasteiger partial charge on any atom is 0.240 e. The summed E-state index contributed by atoms with van der Waals surface area (Å²) in [5.74, 6) is 0.380. The largest absolute Gasteiger partial charge is 0.495 e. The van der Waals surface area contributed by atoms with E-state index in [1.807, 2.05) is 6.92 Å². The standard InChI is InChI=1S/C17H24ClN3O4/c1-5-6-7-16(22)21-20-11(2)8-17(23)19-13-10-14(24-3)12(18)9-15(13)25-4/h9-10H,5-8H2,1-4H3,(H,19,23)(H,21,22)/b20-11+. The highest BCUT2D eigenvalue weighted by molar-refractivity contribution is 6.32. The molecule has 2 N–H and O–H groups in total. The topological polar surface area (TPSA) is 89.0 Å². The van der Waals surface area contributed by atoms with Crippen LogP contribution >= 0.6 is 11.6 Å². The molecular formula is C17H24ClN3O4. The van der Waals surface area contributed by atoms with Crippen molar-refractivity contribution in [3.05, 3.63) is 17.2 Å². The van der Waals surface area contributed by atoms with Gasteiger partial charge in [-0.3, -0.25) is 9.59 Å². The molecule has 8 heteroatoms. The van der Waals surface area contributed by atoms with Gasteiger partial charge in [-0.15, -0.1) is 0 Å². The van der Waals surface area contributed by atoms with Gasteiger partial charge in [0.05, 0.1) is 31.4 Å². The van der Waals surface area contributed by atoms with Crippen LogP contribution in [0.15, 0.2) is 17.2 Å². The van der Waals surface area contributed by atoms with E-state index in [0.29, 0.717) is 34.3 Å². The molecule has 0 atom stereocenters. The first kappa shape index (κ1) is 20.8. The molecule has 2 amide bonds. The van der Waals surface area contributed by atoms with E-state index >= 15 is 0 Å². The number of carbonyl (C=O) groups is 2. The minimum absolute atomic E-state index is 0.0299. The molecule has 0 aliphatic heterocycles. The van der Waals surface area contributed by atoms with Crippen molar-refractivity contribution in [2.75, 3.05) is 19.5 Å². The Kier molecular flexibility index (Phi) is 8.77. The molecular weight excluding hydrogens is 346 g/mol. The summed E-state index contributed by atoms with van der Waals surface area (Å²) in [6.45, 7) is 3.67. The number of halogens is 1. The highest BCUT2D eigenvalue weighted by Crippen LogP contribution is 2.35. The van der Waals surface area contributed by atoms with Gasteiger partial charge in [-0.1, -0.05) is 24.9 Å². The number of hydrogen-bond acceptors (Lipinski definition) is 5. The summed E-state index contributed by atoms with van der Waals surface area (Å²) in [6, 6.07) is 3.14. The Balaban J connectivity index is 2.68. The smallest absolute Gasteiger partial charge is 0.240 e. The SMILES string of the molecule is CCCCC(=O)N/N=C(\C)CC(=O)Nc1cc(OC)c(Cl)cc1OC. The van der Waals surface area contributed by atoms with Crippen molar-refractivity contribution in [2.45, 2.75) is 39.5 Å². The number of benzene rings is 1. The zero-order valence-corrected chi connectivity index (χ0v) is 15.7. The van der Waals surface area contributed by atoms with E-state index in [1.165, 1.54) is 14.2 Å². The molecule has 0 aromatic heterocycles. The van der Waals surface area contributed by atoms with Crippen LogP contribution in [0.4, 0.5) is 5.69 Å². The van der Waals surface area contributed by atoms with Gasteiger partial charge in [0.1, 0.15) is 11.5 Å². The zero-order valence-electron chi connectivity index (χ0n) is 14.9. The summed E-state index contributed by atoms with van der Waals surface area (Å²) >= 11 is 6.03. The molecule has 0 aliphatic carbocycles. The third-order valence-electron chi connectivity index (χ3n) is 3.29. The second-order valence-corrected chi connectivity index (χ2v) is 5.80. The van der Waals surface area contributed by atoms with Crippen molar-refractivity contribution in [2.24, 2.45) is 5.10 Å². The normalized spacial score (nSPS) is 11.0. The van der Waals surface area contributed by atoms with Gasteiger partial charge in [0.15, 0.2) is 0 Å². The van der Waals surface area contributed by atoms with Gasteiger partial charge in [-0.25, -0.2) is 5.43 Å². The fraction of sp³-hybridized carbons (Fsp3) is 0.471. The molecule has 1 rings (SSSR count). The number of ether oxygens (including phenoxy) is 2. The van der Waals surface area contributed by atoms with E-state index in [1.54, 1.807) is 19.1 Å². The maximum atomic E-state index is 12.2. The van der Waals surface area contributed by atoms with E-state index in [4.69, 9.17) is 21.1 Å². The number of rotatable bonds is 9. The van der Waals surface area contributed by atoms with Crippen molar-refractivity contribution in [1.29, 1.82) is 0 Å². The Morgan fingerprint density at radius 3 is 2.44 bits per heavy atom. The van der Waals surface area contributed by atoms with Crippen molar-refractivity contribution in [3.8, 4) is 11.5 Å². The minimum atomic E-state index is -0.299. The molecule has 0 aliphatic rings. The van der Waals surface area contributed by atoms with Crippen LogP contribution in [0.3, 0.4) is 0 Å². The fourth-order valence-corrected chi connectivity index (χ4v) is 2.21. The minimum Gasteiger partial charge on any atom is -0.495 e. The van der Waals surface area contributed by atoms with Gasteiger partial charge < -0.3 is 14.8 Å². The second kappa shape index (κ2) is 10.6. The van der Waals surface area contributed by atoms with Gasteiger partial charge in [0.2, 0.25) is 11.8 Å². The summed E-state index contributed by atoms with van der Waals surface area (Å²) in [5.41, 5.74) is 3.37. The first-order valence-electron chi connectivity index (χ1n) is 7.94. The Bertz CT molecular complexity index is 647. The Morgan fingerprint density at radius 1 is 1.16 bits per heavy atom. The second-order valence-electron chi connectivity index (χ2n) is 5.40. The molecule has 0 heterocycles. The first-order chi connectivity index (χ1) is 11.9. The van der Waals surface area contributed by atoms with Gasteiger partial charge in [-0.05, 0) is 13.3 Å². The summed E-state index contributed by atoms with van der Waals surface area (Å²) in [6.07, 6.45) is 2.19. The number of methoxy groups -OCH3 is 2. The van der Waals surface area contributed by atoms with Crippen LogP contribution in [0, 0.1) is 0 Å². The van der Waals surface area contributed by atoms with Crippen LogP contribution in [0.2, 0.25) is 5.02 Å². The van der Waals surface area contributed by atoms with Crippen molar-refractivity contribution in [3.63, 3.8) is 0 Å². The average molecular weight is 370 g/mol. The molecule has 138 valence electrons. The van der Waals surface area contributed by atoms with Gasteiger partial charge in [0, 0.05) is 24.3 Å². The fourth-order valence-electron chi connectivity index (χ4n) is 1.98. The van der Waals surface area contributed by atoms with E-state index in [0.717, 1.165) is 12.8 Å². The van der Waals surface area contributed by atoms with Crippen LogP contribution in [0.25, 0.3) is 0 Å². The Hall–Kier alpha value is -2.28. The summed E-state index contributed by atoms with van der Waals surface area (Å²) < 4.78 is 10.3.